The van der Waals surface area contributed by atoms with Crippen LogP contribution >= 0.6 is 11.3 Å². The van der Waals surface area contributed by atoms with Crippen molar-refractivity contribution in [1.82, 2.24) is 10.4 Å². The third kappa shape index (κ3) is 3.23. The molecular weight excluding hydrogens is 368 g/mol. The average molecular weight is 384 g/mol. The van der Waals surface area contributed by atoms with E-state index < -0.39 is 24.3 Å². The van der Waals surface area contributed by atoms with Gasteiger partial charge in [-0.1, -0.05) is 17.2 Å². The molecule has 0 atom stereocenters. The van der Waals surface area contributed by atoms with Gasteiger partial charge in [-0.15, -0.1) is 11.3 Å². The van der Waals surface area contributed by atoms with Crippen LogP contribution in [0.5, 0.6) is 0 Å². The first-order chi connectivity index (χ1) is 13.0. The number of imide groups is 1. The van der Waals surface area contributed by atoms with Crippen LogP contribution in [0.15, 0.2) is 30.3 Å². The lowest BCUT2D eigenvalue weighted by atomic mass is 9.99. The van der Waals surface area contributed by atoms with Crippen molar-refractivity contribution in [3.8, 4) is 0 Å². The molecule has 1 aromatic heterocycles. The van der Waals surface area contributed by atoms with Gasteiger partial charge in [0.25, 0.3) is 17.7 Å². The van der Waals surface area contributed by atoms with Gasteiger partial charge in [0.1, 0.15) is 6.54 Å². The van der Waals surface area contributed by atoms with Crippen molar-refractivity contribution in [3.05, 3.63) is 56.8 Å². The minimum absolute atomic E-state index is 0.184. The molecule has 0 bridgehead atoms. The minimum Gasteiger partial charge on any atom is -0.340 e. The molecule has 0 fully saturated rings. The molecule has 3 amide bonds. The van der Waals surface area contributed by atoms with Crippen LogP contribution in [0.25, 0.3) is 0 Å². The third-order valence-corrected chi connectivity index (χ3v) is 5.80. The van der Waals surface area contributed by atoms with Crippen molar-refractivity contribution in [3.63, 3.8) is 0 Å². The van der Waals surface area contributed by atoms with Gasteiger partial charge in [-0.2, -0.15) is 0 Å². The number of thiophene rings is 1. The molecule has 27 heavy (non-hydrogen) atoms. The second-order valence-electron chi connectivity index (χ2n) is 6.36. The second kappa shape index (κ2) is 6.96. The number of nitrogens with zero attached hydrogens (tertiary/aromatic N) is 1. The number of carbonyl (C=O) groups excluding carboxylic acids is 4. The Bertz CT molecular complexity index is 906. The standard InChI is InChI=1S/C19H16N2O5S/c22-16(26-21-18(24)12-6-2-3-7-13(12)19(21)25)10-20-17(23)15-9-11-5-1-4-8-14(11)27-15/h2-3,6-7,9H,1,4-5,8,10H2,(H,20,23). The van der Waals surface area contributed by atoms with E-state index in [4.69, 9.17) is 4.84 Å². The maximum atomic E-state index is 12.3. The summed E-state index contributed by atoms with van der Waals surface area (Å²) in [5, 5.41) is 2.91. The van der Waals surface area contributed by atoms with E-state index in [2.05, 4.69) is 5.32 Å². The van der Waals surface area contributed by atoms with E-state index in [-0.39, 0.29) is 17.0 Å². The molecule has 8 heteroatoms. The first-order valence-corrected chi connectivity index (χ1v) is 9.44. The summed E-state index contributed by atoms with van der Waals surface area (Å²) < 4.78 is 0. The Kier molecular flexibility index (Phi) is 4.49. The van der Waals surface area contributed by atoms with Crippen LogP contribution in [0.4, 0.5) is 0 Å². The fourth-order valence-electron chi connectivity index (χ4n) is 3.23. The number of aryl methyl sites for hydroxylation is 2. The molecule has 4 rings (SSSR count). The summed E-state index contributed by atoms with van der Waals surface area (Å²) in [7, 11) is 0. The van der Waals surface area contributed by atoms with Crippen LogP contribution in [0.1, 0.15) is 53.7 Å². The fraction of sp³-hybridized carbons (Fsp3) is 0.263. The number of hydrogen-bond donors (Lipinski definition) is 1. The van der Waals surface area contributed by atoms with Gasteiger partial charge in [-0.05, 0) is 49.4 Å². The lowest BCUT2D eigenvalue weighted by molar-refractivity contribution is -0.167. The van der Waals surface area contributed by atoms with E-state index in [1.54, 1.807) is 12.1 Å². The maximum absolute atomic E-state index is 12.3. The molecule has 7 nitrogen and oxygen atoms in total. The number of hydroxylamine groups is 2. The van der Waals surface area contributed by atoms with Gasteiger partial charge in [0.15, 0.2) is 0 Å². The summed E-state index contributed by atoms with van der Waals surface area (Å²) in [6.45, 7) is -0.436. The normalized spacial score (nSPS) is 15.3. The summed E-state index contributed by atoms with van der Waals surface area (Å²) in [5.41, 5.74) is 1.57. The highest BCUT2D eigenvalue weighted by molar-refractivity contribution is 7.14. The number of hydrogen-bond acceptors (Lipinski definition) is 6. The molecule has 1 aromatic carbocycles. The highest BCUT2D eigenvalue weighted by Gasteiger charge is 2.38. The van der Waals surface area contributed by atoms with Crippen molar-refractivity contribution >= 4 is 35.0 Å². The zero-order valence-electron chi connectivity index (χ0n) is 14.3. The number of carbonyl (C=O) groups is 4. The van der Waals surface area contributed by atoms with Crippen molar-refractivity contribution in [2.45, 2.75) is 25.7 Å². The molecular formula is C19H16N2O5S. The molecule has 2 aliphatic rings. The number of rotatable bonds is 4. The summed E-state index contributed by atoms with van der Waals surface area (Å²) in [5.74, 6) is -2.64. The Hall–Kier alpha value is -3.00. The van der Waals surface area contributed by atoms with Gasteiger partial charge in [0.05, 0.1) is 16.0 Å². The third-order valence-electron chi connectivity index (χ3n) is 4.56. The lowest BCUT2D eigenvalue weighted by Crippen LogP contribution is -2.37. The largest absolute Gasteiger partial charge is 0.352 e. The summed E-state index contributed by atoms with van der Waals surface area (Å²) >= 11 is 1.44. The molecule has 0 spiro atoms. The maximum Gasteiger partial charge on any atom is 0.352 e. The van der Waals surface area contributed by atoms with Crippen molar-refractivity contribution in [2.75, 3.05) is 6.54 Å². The van der Waals surface area contributed by atoms with Crippen LogP contribution in [0.2, 0.25) is 0 Å². The molecule has 1 aliphatic carbocycles. The molecule has 138 valence electrons. The van der Waals surface area contributed by atoms with Crippen molar-refractivity contribution in [1.29, 1.82) is 0 Å². The van der Waals surface area contributed by atoms with E-state index in [0.29, 0.717) is 9.94 Å². The Labute approximate surface area is 158 Å². The Morgan fingerprint density at radius 2 is 1.74 bits per heavy atom. The van der Waals surface area contributed by atoms with E-state index in [0.717, 1.165) is 25.7 Å². The smallest absolute Gasteiger partial charge is 0.340 e. The van der Waals surface area contributed by atoms with Crippen molar-refractivity contribution < 1.29 is 24.0 Å². The molecule has 0 saturated carbocycles. The van der Waals surface area contributed by atoms with Crippen LogP contribution in [-0.2, 0) is 22.5 Å². The Morgan fingerprint density at radius 3 is 2.41 bits per heavy atom. The van der Waals surface area contributed by atoms with Gasteiger partial charge in [-0.3, -0.25) is 14.4 Å². The van der Waals surface area contributed by atoms with E-state index in [1.165, 1.54) is 33.9 Å². The summed E-state index contributed by atoms with van der Waals surface area (Å²) in [6.07, 6.45) is 4.20. The molecule has 2 heterocycles. The topological polar surface area (TPSA) is 92.8 Å². The predicted octanol–water partition coefficient (Wildman–Crippen LogP) is 2.11. The van der Waals surface area contributed by atoms with Crippen LogP contribution in [-0.4, -0.2) is 35.3 Å². The molecule has 1 N–H and O–H groups in total. The quantitative estimate of drug-likeness (QED) is 0.815. The first-order valence-electron chi connectivity index (χ1n) is 8.63. The number of nitrogens with one attached hydrogen (secondary N) is 1. The minimum atomic E-state index is -0.890. The lowest BCUT2D eigenvalue weighted by Gasteiger charge is -2.12. The Morgan fingerprint density at radius 1 is 1.07 bits per heavy atom. The van der Waals surface area contributed by atoms with E-state index in [1.807, 2.05) is 6.07 Å². The summed E-state index contributed by atoms with van der Waals surface area (Å²) in [4.78, 5) is 55.2. The van der Waals surface area contributed by atoms with E-state index in [9.17, 15) is 19.2 Å². The molecule has 0 saturated heterocycles. The molecule has 2 aromatic rings. The van der Waals surface area contributed by atoms with Crippen LogP contribution in [0, 0.1) is 0 Å². The van der Waals surface area contributed by atoms with Crippen molar-refractivity contribution in [2.24, 2.45) is 0 Å². The summed E-state index contributed by atoms with van der Waals surface area (Å²) in [6, 6.07) is 8.09. The van der Waals surface area contributed by atoms with E-state index >= 15 is 0 Å². The SMILES string of the molecule is O=C(CNC(=O)c1cc2c(s1)CCCC2)ON1C(=O)c2ccccc2C1=O. The fourth-order valence-corrected chi connectivity index (χ4v) is 4.40. The second-order valence-corrected chi connectivity index (χ2v) is 7.50. The highest BCUT2D eigenvalue weighted by atomic mass is 32.1. The zero-order chi connectivity index (χ0) is 19.0. The monoisotopic (exact) mass is 384 g/mol. The van der Waals surface area contributed by atoms with Gasteiger partial charge >= 0.3 is 5.97 Å². The molecule has 0 unspecified atom stereocenters. The molecule has 0 radical (unpaired) electrons. The Balaban J connectivity index is 1.35. The van der Waals surface area contributed by atoms with Gasteiger partial charge < -0.3 is 10.2 Å². The zero-order valence-corrected chi connectivity index (χ0v) is 15.1. The van der Waals surface area contributed by atoms with Gasteiger partial charge in [0.2, 0.25) is 0 Å². The van der Waals surface area contributed by atoms with Crippen LogP contribution in [0.3, 0.4) is 0 Å². The van der Waals surface area contributed by atoms with Crippen LogP contribution < -0.4 is 5.32 Å². The highest BCUT2D eigenvalue weighted by Crippen LogP contribution is 2.29. The van der Waals surface area contributed by atoms with Gasteiger partial charge in [0, 0.05) is 4.88 Å². The number of amides is 3. The molecule has 1 aliphatic heterocycles. The predicted molar refractivity (Wildman–Crippen MR) is 96.3 cm³/mol. The number of fused-ring (bicyclic) bond motifs is 2. The first kappa shape index (κ1) is 17.4. The average Bonchev–Trinajstić information content (AvgIpc) is 3.22. The van der Waals surface area contributed by atoms with Gasteiger partial charge in [-0.25, -0.2) is 4.79 Å². The number of benzene rings is 1.